The Morgan fingerprint density at radius 1 is 1.11 bits per heavy atom. The molecule has 1 unspecified atom stereocenters. The molecule has 0 heterocycles. The van der Waals surface area contributed by atoms with Crippen molar-refractivity contribution in [3.05, 3.63) is 12.2 Å². The third-order valence-electron chi connectivity index (χ3n) is 2.55. The summed E-state index contributed by atoms with van der Waals surface area (Å²) in [6.07, 6.45) is 9.60. The third-order valence-corrected chi connectivity index (χ3v) is 2.55. The van der Waals surface area contributed by atoms with Crippen LogP contribution in [0.1, 0.15) is 51.9 Å². The van der Waals surface area contributed by atoms with Crippen molar-refractivity contribution in [2.45, 2.75) is 51.9 Å². The van der Waals surface area contributed by atoms with Crippen molar-refractivity contribution in [2.75, 3.05) is 0 Å². The molecule has 1 atom stereocenters. The number of rotatable bonds is 10. The van der Waals surface area contributed by atoms with Gasteiger partial charge in [0, 0.05) is 0 Å². The van der Waals surface area contributed by atoms with E-state index >= 15 is 0 Å². The molecule has 0 aliphatic carbocycles. The average molecular weight is 282 g/mol. The Morgan fingerprint density at radius 3 is 2.22 bits per heavy atom. The van der Waals surface area contributed by atoms with Gasteiger partial charge in [-0.2, -0.15) is 0 Å². The van der Waals surface area contributed by atoms with Gasteiger partial charge in [0.1, 0.15) is 0 Å². The van der Waals surface area contributed by atoms with Crippen LogP contribution < -0.4 is 0 Å². The molecule has 0 aliphatic heterocycles. The van der Waals surface area contributed by atoms with Crippen molar-refractivity contribution in [3.8, 4) is 0 Å². The third kappa shape index (κ3) is 12.8. The number of hydrogen-bond donors (Lipinski definition) is 2. The summed E-state index contributed by atoms with van der Waals surface area (Å²) in [5, 5.41) is 17.3. The van der Waals surface area contributed by atoms with E-state index < -0.39 is 17.9 Å². The first-order valence-corrected chi connectivity index (χ1v) is 6.19. The predicted molar refractivity (Wildman–Crippen MR) is 73.0 cm³/mol. The van der Waals surface area contributed by atoms with Crippen molar-refractivity contribution in [3.63, 3.8) is 0 Å². The van der Waals surface area contributed by atoms with E-state index in [1.807, 2.05) is 0 Å². The van der Waals surface area contributed by atoms with E-state index in [0.717, 1.165) is 19.3 Å². The monoisotopic (exact) mass is 282 g/mol. The fourth-order valence-electron chi connectivity index (χ4n) is 1.55. The molecular weight excluding hydrogens is 259 g/mol. The summed E-state index contributed by atoms with van der Waals surface area (Å²) in [6, 6.07) is 0. The molecule has 0 aliphatic rings. The van der Waals surface area contributed by atoms with Gasteiger partial charge in [-0.15, -0.1) is 0 Å². The Kier molecular flexibility index (Phi) is 15.7. The fraction of sp³-hybridized carbons (Fsp3) is 0.692. The molecule has 0 aromatic rings. The van der Waals surface area contributed by atoms with Crippen molar-refractivity contribution >= 4 is 63.3 Å². The molecule has 0 bridgehead atoms. The Labute approximate surface area is 151 Å². The molecule has 5 heteroatoms. The van der Waals surface area contributed by atoms with Crippen molar-refractivity contribution in [1.82, 2.24) is 0 Å². The summed E-state index contributed by atoms with van der Waals surface area (Å²) in [7, 11) is 0. The van der Waals surface area contributed by atoms with Gasteiger partial charge in [0.15, 0.2) is 0 Å². The number of hydrogen-bond acceptors (Lipinski definition) is 2. The molecule has 18 heavy (non-hydrogen) atoms. The van der Waals surface area contributed by atoms with E-state index in [-0.39, 0.29) is 57.8 Å². The fourth-order valence-corrected chi connectivity index (χ4v) is 1.55. The molecule has 0 fully saturated rings. The van der Waals surface area contributed by atoms with Crippen LogP contribution in [0.5, 0.6) is 0 Å². The van der Waals surface area contributed by atoms with E-state index in [1.54, 1.807) is 6.08 Å². The molecule has 100 valence electrons. The van der Waals surface area contributed by atoms with Gasteiger partial charge < -0.3 is 10.2 Å². The summed E-state index contributed by atoms with van der Waals surface area (Å²) >= 11 is 0. The first-order valence-electron chi connectivity index (χ1n) is 6.19. The van der Waals surface area contributed by atoms with Gasteiger partial charge in [-0.25, -0.2) is 0 Å². The number of aliphatic carboxylic acids is 2. The molecule has 0 aromatic heterocycles. The van der Waals surface area contributed by atoms with Crippen LogP contribution in [-0.2, 0) is 9.59 Å². The summed E-state index contributed by atoms with van der Waals surface area (Å²) in [4.78, 5) is 21.1. The molecule has 0 saturated carbocycles. The minimum absolute atomic E-state index is 0. The molecular formula is C13H23KO4. The van der Waals surface area contributed by atoms with Crippen molar-refractivity contribution in [2.24, 2.45) is 5.92 Å². The molecule has 0 saturated heterocycles. The number of carboxylic acids is 2. The normalized spacial score (nSPS) is 12.1. The van der Waals surface area contributed by atoms with Crippen LogP contribution in [0.15, 0.2) is 12.2 Å². The van der Waals surface area contributed by atoms with Gasteiger partial charge in [0.2, 0.25) is 0 Å². The summed E-state index contributed by atoms with van der Waals surface area (Å²) in [6.45, 7) is 2.16. The Balaban J connectivity index is 0. The molecule has 0 amide bonds. The maximum atomic E-state index is 10.7. The average Bonchev–Trinajstić information content (AvgIpc) is 2.25. The van der Waals surface area contributed by atoms with Gasteiger partial charge in [-0.1, -0.05) is 44.8 Å². The van der Waals surface area contributed by atoms with Crippen LogP contribution >= 0.6 is 0 Å². The molecule has 2 N–H and O–H groups in total. The second-order valence-corrected chi connectivity index (χ2v) is 4.17. The molecule has 0 radical (unpaired) electrons. The van der Waals surface area contributed by atoms with E-state index in [0.29, 0.717) is 0 Å². The first kappa shape index (κ1) is 20.6. The number of unbranched alkanes of at least 4 members (excludes halogenated alkanes) is 5. The number of allylic oxidation sites excluding steroid dienone is 1. The van der Waals surface area contributed by atoms with Crippen LogP contribution in [0.3, 0.4) is 0 Å². The van der Waals surface area contributed by atoms with Crippen LogP contribution in [0, 0.1) is 5.92 Å². The molecule has 4 nitrogen and oxygen atoms in total. The summed E-state index contributed by atoms with van der Waals surface area (Å²) in [5.41, 5.74) is 0. The van der Waals surface area contributed by atoms with Crippen molar-refractivity contribution < 1.29 is 19.8 Å². The molecule has 0 aromatic carbocycles. The van der Waals surface area contributed by atoms with Gasteiger partial charge in [-0.05, 0) is 12.8 Å². The zero-order valence-corrected chi connectivity index (χ0v) is 10.4. The standard InChI is InChI=1S/C13H22O4.K.H/c1-2-3-4-5-6-7-8-9-11(13(16)17)10-12(14)15;;/h8-9,11H,2-7,10H2,1H3,(H,14,15)(H,16,17);;. The van der Waals surface area contributed by atoms with Gasteiger partial charge in [0.05, 0.1) is 12.3 Å². The minimum atomic E-state index is -1.08. The summed E-state index contributed by atoms with van der Waals surface area (Å²) < 4.78 is 0. The van der Waals surface area contributed by atoms with Gasteiger partial charge >= 0.3 is 63.3 Å². The van der Waals surface area contributed by atoms with E-state index in [2.05, 4.69) is 6.92 Å². The van der Waals surface area contributed by atoms with E-state index in [1.165, 1.54) is 25.3 Å². The Hall–Kier alpha value is 0.316. The van der Waals surface area contributed by atoms with Crippen molar-refractivity contribution in [1.29, 1.82) is 0 Å². The zero-order chi connectivity index (χ0) is 13.1. The SMILES string of the molecule is CCCCCCCC=CC(CC(=O)O)C(=O)O.[KH]. The van der Waals surface area contributed by atoms with Crippen LogP contribution in [0.2, 0.25) is 0 Å². The quantitative estimate of drug-likeness (QED) is 0.366. The molecule has 0 rings (SSSR count). The number of carboxylic acid groups (broad SMARTS) is 2. The van der Waals surface area contributed by atoms with E-state index in [9.17, 15) is 9.59 Å². The molecule has 0 spiro atoms. The number of carbonyl (C=O) groups is 2. The Morgan fingerprint density at radius 2 is 1.72 bits per heavy atom. The second kappa shape index (κ2) is 13.7. The van der Waals surface area contributed by atoms with E-state index in [4.69, 9.17) is 10.2 Å². The summed E-state index contributed by atoms with van der Waals surface area (Å²) in [5.74, 6) is -3.05. The first-order chi connectivity index (χ1) is 8.07. The van der Waals surface area contributed by atoms with Crippen LogP contribution in [-0.4, -0.2) is 73.5 Å². The van der Waals surface area contributed by atoms with Crippen LogP contribution in [0.25, 0.3) is 0 Å². The van der Waals surface area contributed by atoms with Gasteiger partial charge in [0.25, 0.3) is 0 Å². The Bertz CT molecular complexity index is 264. The predicted octanol–water partition coefficient (Wildman–Crippen LogP) is 2.43. The topological polar surface area (TPSA) is 74.6 Å². The van der Waals surface area contributed by atoms with Gasteiger partial charge in [-0.3, -0.25) is 9.59 Å². The zero-order valence-electron chi connectivity index (χ0n) is 10.4. The maximum absolute atomic E-state index is 10.7. The van der Waals surface area contributed by atoms with Crippen LogP contribution in [0.4, 0.5) is 0 Å². The second-order valence-electron chi connectivity index (χ2n) is 4.17.